The zero-order valence-corrected chi connectivity index (χ0v) is 15.6. The maximum Gasteiger partial charge on any atom is 0.148 e. The first-order valence-corrected chi connectivity index (χ1v) is 9.42. The number of aromatic nitrogens is 3. The van der Waals surface area contributed by atoms with E-state index in [0.29, 0.717) is 0 Å². The maximum absolute atomic E-state index is 12.3. The molecular formula is C24H18N4O. The first-order chi connectivity index (χ1) is 14.3. The Bertz CT molecular complexity index is 1230. The zero-order valence-electron chi connectivity index (χ0n) is 15.6. The van der Waals surface area contributed by atoms with Crippen LogP contribution in [0.5, 0.6) is 0 Å². The van der Waals surface area contributed by atoms with Crippen molar-refractivity contribution < 1.29 is 4.79 Å². The molecule has 0 saturated carbocycles. The summed E-state index contributed by atoms with van der Waals surface area (Å²) < 4.78 is 1.85. The van der Waals surface area contributed by atoms with Crippen LogP contribution in [0.3, 0.4) is 0 Å². The van der Waals surface area contributed by atoms with Crippen molar-refractivity contribution in [1.29, 1.82) is 0 Å². The van der Waals surface area contributed by atoms with Crippen LogP contribution < -0.4 is 4.90 Å². The summed E-state index contributed by atoms with van der Waals surface area (Å²) in [5.74, 6) is 0. The minimum absolute atomic E-state index is 0.506. The molecule has 0 fully saturated rings. The molecule has 140 valence electrons. The van der Waals surface area contributed by atoms with Gasteiger partial charge in [0.2, 0.25) is 0 Å². The van der Waals surface area contributed by atoms with Gasteiger partial charge >= 0.3 is 0 Å². The van der Waals surface area contributed by atoms with E-state index in [0.717, 1.165) is 39.8 Å². The SMILES string of the molecule is O=CC1C(n2ncc3ccccc32)=CC(c2ccccn2)=CN1c1ccccc1. The molecule has 0 amide bonds. The third kappa shape index (κ3) is 3.02. The van der Waals surface area contributed by atoms with E-state index >= 15 is 0 Å². The second-order valence-corrected chi connectivity index (χ2v) is 6.81. The van der Waals surface area contributed by atoms with Crippen molar-refractivity contribution in [3.05, 3.63) is 103 Å². The van der Waals surface area contributed by atoms with Crippen LogP contribution in [0.4, 0.5) is 5.69 Å². The van der Waals surface area contributed by atoms with Crippen LogP contribution in [0, 0.1) is 0 Å². The summed E-state index contributed by atoms with van der Waals surface area (Å²) in [5, 5.41) is 5.61. The van der Waals surface area contributed by atoms with Gasteiger partial charge in [0.1, 0.15) is 12.3 Å². The normalized spacial score (nSPS) is 16.4. The van der Waals surface area contributed by atoms with Crippen LogP contribution in [0.2, 0.25) is 0 Å². The van der Waals surface area contributed by atoms with E-state index in [1.54, 1.807) is 6.20 Å². The molecule has 29 heavy (non-hydrogen) atoms. The molecule has 0 N–H and O–H groups in total. The number of pyridine rings is 1. The number of aldehydes is 1. The Labute approximate surface area is 168 Å². The average molecular weight is 378 g/mol. The lowest BCUT2D eigenvalue weighted by molar-refractivity contribution is -0.107. The van der Waals surface area contributed by atoms with Crippen LogP contribution in [-0.2, 0) is 4.79 Å². The van der Waals surface area contributed by atoms with E-state index in [4.69, 9.17) is 0 Å². The molecule has 0 aliphatic carbocycles. The molecular weight excluding hydrogens is 360 g/mol. The molecule has 1 atom stereocenters. The maximum atomic E-state index is 12.3. The van der Waals surface area contributed by atoms with Crippen LogP contribution in [0.25, 0.3) is 22.2 Å². The number of allylic oxidation sites excluding steroid dienone is 2. The first-order valence-electron chi connectivity index (χ1n) is 9.42. The van der Waals surface area contributed by atoms with Crippen molar-refractivity contribution >= 4 is 34.1 Å². The van der Waals surface area contributed by atoms with Crippen molar-refractivity contribution in [2.45, 2.75) is 6.04 Å². The Morgan fingerprint density at radius 1 is 0.897 bits per heavy atom. The molecule has 0 radical (unpaired) electrons. The summed E-state index contributed by atoms with van der Waals surface area (Å²) in [6.45, 7) is 0. The largest absolute Gasteiger partial charge is 0.331 e. The van der Waals surface area contributed by atoms with Gasteiger partial charge in [-0.05, 0) is 36.4 Å². The van der Waals surface area contributed by atoms with Crippen molar-refractivity contribution in [1.82, 2.24) is 14.8 Å². The molecule has 1 unspecified atom stereocenters. The standard InChI is InChI=1S/C24H18N4O/c29-17-24-23(28-22-12-5-4-8-18(22)15-26-28)14-19(21-11-6-7-13-25-21)16-27(24)20-9-2-1-3-10-20/h1-17,24H. The molecule has 0 spiro atoms. The molecule has 3 heterocycles. The van der Waals surface area contributed by atoms with E-state index < -0.39 is 6.04 Å². The Kier molecular flexibility index (Phi) is 4.26. The van der Waals surface area contributed by atoms with Crippen molar-refractivity contribution in [2.75, 3.05) is 4.90 Å². The fourth-order valence-electron chi connectivity index (χ4n) is 3.66. The number of rotatable bonds is 4. The zero-order chi connectivity index (χ0) is 19.6. The predicted octanol–water partition coefficient (Wildman–Crippen LogP) is 4.40. The molecule has 5 nitrogen and oxygen atoms in total. The van der Waals surface area contributed by atoms with Crippen molar-refractivity contribution in [2.24, 2.45) is 0 Å². The Morgan fingerprint density at radius 2 is 1.69 bits per heavy atom. The van der Waals surface area contributed by atoms with Gasteiger partial charge in [0.15, 0.2) is 0 Å². The second-order valence-electron chi connectivity index (χ2n) is 6.81. The fraction of sp³-hybridized carbons (Fsp3) is 0.0417. The number of para-hydroxylation sites is 2. The third-order valence-electron chi connectivity index (χ3n) is 5.05. The summed E-state index contributed by atoms with van der Waals surface area (Å²) in [6.07, 6.45) is 8.53. The van der Waals surface area contributed by atoms with Crippen molar-refractivity contribution in [3.8, 4) is 0 Å². The summed E-state index contributed by atoms with van der Waals surface area (Å²) in [5.41, 5.74) is 4.43. The van der Waals surface area contributed by atoms with E-state index in [1.165, 1.54) is 0 Å². The lowest BCUT2D eigenvalue weighted by Crippen LogP contribution is -2.37. The summed E-state index contributed by atoms with van der Waals surface area (Å²) in [4.78, 5) is 18.7. The van der Waals surface area contributed by atoms with E-state index in [1.807, 2.05) is 101 Å². The Balaban J connectivity index is 1.72. The molecule has 0 saturated heterocycles. The summed E-state index contributed by atoms with van der Waals surface area (Å²) in [6, 6.07) is 23.2. The highest BCUT2D eigenvalue weighted by molar-refractivity contribution is 5.95. The number of fused-ring (bicyclic) bond motifs is 1. The Morgan fingerprint density at radius 3 is 2.48 bits per heavy atom. The molecule has 0 bridgehead atoms. The highest BCUT2D eigenvalue weighted by Gasteiger charge is 2.28. The highest BCUT2D eigenvalue weighted by atomic mass is 16.1. The molecule has 2 aromatic carbocycles. The molecule has 5 rings (SSSR count). The minimum atomic E-state index is -0.506. The van der Waals surface area contributed by atoms with Gasteiger partial charge in [-0.15, -0.1) is 0 Å². The number of hydrogen-bond donors (Lipinski definition) is 0. The number of anilines is 1. The van der Waals surface area contributed by atoms with Crippen LogP contribution in [0.1, 0.15) is 5.69 Å². The number of carbonyl (C=O) groups is 1. The first kappa shape index (κ1) is 17.1. The molecule has 4 aromatic rings. The third-order valence-corrected chi connectivity index (χ3v) is 5.05. The molecule has 1 aliphatic rings. The number of carbonyl (C=O) groups excluding carboxylic acids is 1. The van der Waals surface area contributed by atoms with E-state index in [9.17, 15) is 4.79 Å². The van der Waals surface area contributed by atoms with Gasteiger partial charge in [-0.2, -0.15) is 5.10 Å². The topological polar surface area (TPSA) is 51.0 Å². The monoisotopic (exact) mass is 378 g/mol. The predicted molar refractivity (Wildman–Crippen MR) is 115 cm³/mol. The van der Waals surface area contributed by atoms with Gasteiger partial charge in [0.25, 0.3) is 0 Å². The van der Waals surface area contributed by atoms with Gasteiger partial charge < -0.3 is 9.69 Å². The fourth-order valence-corrected chi connectivity index (χ4v) is 3.66. The smallest absolute Gasteiger partial charge is 0.148 e. The Hall–Kier alpha value is -3.99. The van der Waals surface area contributed by atoms with Gasteiger partial charge in [-0.3, -0.25) is 4.98 Å². The average Bonchev–Trinajstić information content (AvgIpc) is 3.23. The van der Waals surface area contributed by atoms with Crippen LogP contribution in [-0.4, -0.2) is 27.1 Å². The minimum Gasteiger partial charge on any atom is -0.331 e. The van der Waals surface area contributed by atoms with Gasteiger partial charge in [0.05, 0.1) is 23.1 Å². The molecule has 5 heteroatoms. The lowest BCUT2D eigenvalue weighted by Gasteiger charge is -2.33. The summed E-state index contributed by atoms with van der Waals surface area (Å²) >= 11 is 0. The molecule has 1 aliphatic heterocycles. The highest BCUT2D eigenvalue weighted by Crippen LogP contribution is 2.33. The quantitative estimate of drug-likeness (QED) is 0.494. The number of benzene rings is 2. The number of nitrogens with zero attached hydrogens (tertiary/aromatic N) is 4. The number of hydrogen-bond acceptors (Lipinski definition) is 4. The second kappa shape index (κ2) is 7.20. The summed E-state index contributed by atoms with van der Waals surface area (Å²) in [7, 11) is 0. The van der Waals surface area contributed by atoms with Gasteiger partial charge in [-0.25, -0.2) is 4.68 Å². The van der Waals surface area contributed by atoms with Gasteiger partial charge in [-0.1, -0.05) is 42.5 Å². The van der Waals surface area contributed by atoms with Crippen LogP contribution >= 0.6 is 0 Å². The lowest BCUT2D eigenvalue weighted by atomic mass is 10.0. The van der Waals surface area contributed by atoms with Gasteiger partial charge in [0, 0.05) is 29.0 Å². The van der Waals surface area contributed by atoms with E-state index in [-0.39, 0.29) is 0 Å². The van der Waals surface area contributed by atoms with Crippen LogP contribution in [0.15, 0.2) is 97.5 Å². The van der Waals surface area contributed by atoms with E-state index in [2.05, 4.69) is 10.1 Å². The molecule has 2 aromatic heterocycles. The van der Waals surface area contributed by atoms with Crippen molar-refractivity contribution in [3.63, 3.8) is 0 Å².